The van der Waals surface area contributed by atoms with Gasteiger partial charge in [-0.05, 0) is 31.6 Å². The van der Waals surface area contributed by atoms with Gasteiger partial charge in [0.2, 0.25) is 0 Å². The second kappa shape index (κ2) is 5.72. The van der Waals surface area contributed by atoms with Crippen LogP contribution in [0.4, 0.5) is 0 Å². The highest BCUT2D eigenvalue weighted by Gasteiger charge is 2.14. The zero-order valence-electron chi connectivity index (χ0n) is 9.30. The first-order valence-corrected chi connectivity index (χ1v) is 6.43. The van der Waals surface area contributed by atoms with Gasteiger partial charge in [0.1, 0.15) is 0 Å². The number of rotatable bonds is 0. The number of nitrogens with one attached hydrogen (secondary N) is 1. The minimum Gasteiger partial charge on any atom is -0.255 e. The fraction of sp³-hybridized carbons (Fsp3) is 1.00. The minimum atomic E-state index is 1.04. The van der Waals surface area contributed by atoms with E-state index in [9.17, 15) is 0 Å². The Bertz CT molecular complexity index is 112. The molecule has 0 aromatic rings. The predicted octanol–water partition coefficient (Wildman–Crippen LogP) is 2.56. The average Bonchev–Trinajstić information content (AvgIpc) is 2.25. The molecule has 0 radical (unpaired) electrons. The molecule has 0 atom stereocenters. The zero-order chi connectivity index (χ0) is 9.64. The molecule has 3 fully saturated rings. The van der Waals surface area contributed by atoms with Crippen LogP contribution in [0.1, 0.15) is 51.4 Å². The van der Waals surface area contributed by atoms with E-state index in [0.717, 1.165) is 5.92 Å². The Hall–Kier alpha value is -0.0800. The van der Waals surface area contributed by atoms with Crippen LogP contribution in [-0.2, 0) is 0 Å². The number of hydrogen-bond acceptors (Lipinski definition) is 2. The summed E-state index contributed by atoms with van der Waals surface area (Å²) in [4.78, 5) is 0. The van der Waals surface area contributed by atoms with Crippen LogP contribution >= 0.6 is 0 Å². The molecule has 3 aliphatic heterocycles. The maximum Gasteiger partial charge on any atom is 0.0130 e. The summed E-state index contributed by atoms with van der Waals surface area (Å²) >= 11 is 0. The second-order valence-electron chi connectivity index (χ2n) is 4.89. The smallest absolute Gasteiger partial charge is 0.0130 e. The van der Waals surface area contributed by atoms with Gasteiger partial charge in [0.05, 0.1) is 0 Å². The minimum absolute atomic E-state index is 1.04. The summed E-state index contributed by atoms with van der Waals surface area (Å²) in [7, 11) is 0. The molecule has 0 aliphatic carbocycles. The molecular weight excluding hydrogens is 172 g/mol. The van der Waals surface area contributed by atoms with Crippen molar-refractivity contribution in [1.82, 2.24) is 10.4 Å². The average molecular weight is 196 g/mol. The lowest BCUT2D eigenvalue weighted by Crippen LogP contribution is -2.41. The fourth-order valence-corrected chi connectivity index (χ4v) is 2.80. The van der Waals surface area contributed by atoms with E-state index in [2.05, 4.69) is 10.4 Å². The first-order valence-electron chi connectivity index (χ1n) is 6.43. The molecule has 2 bridgehead atoms. The quantitative estimate of drug-likeness (QED) is 0.640. The summed E-state index contributed by atoms with van der Waals surface area (Å²) < 4.78 is 0. The topological polar surface area (TPSA) is 15.3 Å². The monoisotopic (exact) mass is 196 g/mol. The van der Waals surface area contributed by atoms with Crippen molar-refractivity contribution in [3.63, 3.8) is 0 Å². The van der Waals surface area contributed by atoms with E-state index in [-0.39, 0.29) is 0 Å². The van der Waals surface area contributed by atoms with Crippen molar-refractivity contribution < 1.29 is 0 Å². The summed E-state index contributed by atoms with van der Waals surface area (Å²) in [5.74, 6) is 1.04. The Morgan fingerprint density at radius 3 is 2.14 bits per heavy atom. The molecule has 3 rings (SSSR count). The molecule has 3 aliphatic rings. The van der Waals surface area contributed by atoms with Crippen LogP contribution in [0.2, 0.25) is 0 Å². The highest BCUT2D eigenvalue weighted by Crippen LogP contribution is 2.23. The molecule has 0 unspecified atom stereocenters. The van der Waals surface area contributed by atoms with Gasteiger partial charge in [-0.3, -0.25) is 5.43 Å². The summed E-state index contributed by atoms with van der Waals surface area (Å²) in [6.07, 6.45) is 11.5. The molecule has 0 saturated carbocycles. The Balaban J connectivity index is 1.93. The van der Waals surface area contributed by atoms with E-state index in [0.29, 0.717) is 0 Å². The molecule has 1 N–H and O–H groups in total. The molecule has 0 spiro atoms. The first kappa shape index (κ1) is 10.4. The van der Waals surface area contributed by atoms with Gasteiger partial charge in [0.25, 0.3) is 0 Å². The standard InChI is InChI=1S/C12H24N2/c1-3-10-14-11-4-2-7-12(6-1)8-5-9-13-14/h12-13H,1-11H2. The molecule has 3 heterocycles. The highest BCUT2D eigenvalue weighted by molar-refractivity contribution is 4.67. The van der Waals surface area contributed by atoms with Crippen LogP contribution in [0.25, 0.3) is 0 Å². The van der Waals surface area contributed by atoms with Crippen molar-refractivity contribution in [2.45, 2.75) is 51.4 Å². The number of fused-ring (bicyclic) bond motifs is 9. The fourth-order valence-electron chi connectivity index (χ4n) is 2.80. The number of nitrogens with zero attached hydrogens (tertiary/aromatic N) is 1. The van der Waals surface area contributed by atoms with Gasteiger partial charge in [-0.15, -0.1) is 0 Å². The summed E-state index contributed by atoms with van der Waals surface area (Å²) in [6.45, 7) is 3.75. The largest absolute Gasteiger partial charge is 0.255 e. The van der Waals surface area contributed by atoms with Crippen molar-refractivity contribution in [3.8, 4) is 0 Å². The molecule has 3 saturated heterocycles. The van der Waals surface area contributed by atoms with Gasteiger partial charge >= 0.3 is 0 Å². The summed E-state index contributed by atoms with van der Waals surface area (Å²) in [5.41, 5.74) is 3.58. The van der Waals surface area contributed by atoms with Gasteiger partial charge in [0, 0.05) is 19.6 Å². The summed E-state index contributed by atoms with van der Waals surface area (Å²) in [5, 5.41) is 2.46. The SMILES string of the molecule is C1CCN2CCCCC(C1)CCCN2. The van der Waals surface area contributed by atoms with Gasteiger partial charge in [-0.2, -0.15) is 0 Å². The normalized spacial score (nSPS) is 36.0. The van der Waals surface area contributed by atoms with Gasteiger partial charge in [-0.1, -0.05) is 25.7 Å². The number of hydrazine groups is 1. The Morgan fingerprint density at radius 2 is 1.43 bits per heavy atom. The molecule has 0 amide bonds. The van der Waals surface area contributed by atoms with E-state index >= 15 is 0 Å². The third kappa shape index (κ3) is 3.25. The Morgan fingerprint density at radius 1 is 0.786 bits per heavy atom. The van der Waals surface area contributed by atoms with Crippen molar-refractivity contribution >= 4 is 0 Å². The Labute approximate surface area is 88.0 Å². The predicted molar refractivity (Wildman–Crippen MR) is 60.0 cm³/mol. The van der Waals surface area contributed by atoms with E-state index in [4.69, 9.17) is 0 Å². The van der Waals surface area contributed by atoms with Gasteiger partial charge in [-0.25, -0.2) is 5.01 Å². The molecule has 2 nitrogen and oxygen atoms in total. The molecule has 82 valence electrons. The lowest BCUT2D eigenvalue weighted by Gasteiger charge is -2.28. The third-order valence-electron chi connectivity index (χ3n) is 3.71. The van der Waals surface area contributed by atoms with Gasteiger partial charge in [0.15, 0.2) is 0 Å². The summed E-state index contributed by atoms with van der Waals surface area (Å²) in [6, 6.07) is 0. The lowest BCUT2D eigenvalue weighted by atomic mass is 9.90. The van der Waals surface area contributed by atoms with Crippen LogP contribution in [0, 0.1) is 5.92 Å². The molecule has 0 aromatic carbocycles. The van der Waals surface area contributed by atoms with Crippen molar-refractivity contribution in [2.24, 2.45) is 5.92 Å². The van der Waals surface area contributed by atoms with Crippen LogP contribution in [0.15, 0.2) is 0 Å². The van der Waals surface area contributed by atoms with Crippen LogP contribution in [0.3, 0.4) is 0 Å². The Kier molecular flexibility index (Phi) is 4.26. The molecular formula is C12H24N2. The van der Waals surface area contributed by atoms with E-state index < -0.39 is 0 Å². The molecule has 0 aromatic heterocycles. The maximum absolute atomic E-state index is 3.58. The van der Waals surface area contributed by atoms with E-state index in [1.165, 1.54) is 71.0 Å². The lowest BCUT2D eigenvalue weighted by molar-refractivity contribution is 0.157. The third-order valence-corrected chi connectivity index (χ3v) is 3.71. The highest BCUT2D eigenvalue weighted by atomic mass is 15.5. The molecule has 14 heavy (non-hydrogen) atoms. The zero-order valence-corrected chi connectivity index (χ0v) is 9.30. The van der Waals surface area contributed by atoms with Crippen molar-refractivity contribution in [3.05, 3.63) is 0 Å². The van der Waals surface area contributed by atoms with Crippen LogP contribution in [-0.4, -0.2) is 24.6 Å². The van der Waals surface area contributed by atoms with Crippen molar-refractivity contribution in [1.29, 1.82) is 0 Å². The maximum atomic E-state index is 3.58. The first-order chi connectivity index (χ1) is 6.95. The van der Waals surface area contributed by atoms with Gasteiger partial charge < -0.3 is 0 Å². The molecule has 2 heteroatoms. The van der Waals surface area contributed by atoms with Crippen molar-refractivity contribution in [2.75, 3.05) is 19.6 Å². The van der Waals surface area contributed by atoms with E-state index in [1.54, 1.807) is 0 Å². The van der Waals surface area contributed by atoms with E-state index in [1.807, 2.05) is 0 Å². The number of hydrogen-bond donors (Lipinski definition) is 1. The second-order valence-corrected chi connectivity index (χ2v) is 4.89. The van der Waals surface area contributed by atoms with Crippen LogP contribution < -0.4 is 5.43 Å². The van der Waals surface area contributed by atoms with Crippen LogP contribution in [0.5, 0.6) is 0 Å².